The van der Waals surface area contributed by atoms with Crippen molar-refractivity contribution in [2.75, 3.05) is 12.8 Å². The Bertz CT molecular complexity index is 607. The normalized spacial score (nSPS) is 23.3. The van der Waals surface area contributed by atoms with E-state index in [1.807, 2.05) is 27.2 Å². The molecule has 1 aromatic heterocycles. The predicted molar refractivity (Wildman–Crippen MR) is 75.9 cm³/mol. The van der Waals surface area contributed by atoms with E-state index in [0.29, 0.717) is 9.52 Å². The number of rotatable bonds is 2. The summed E-state index contributed by atoms with van der Waals surface area (Å²) in [6, 6.07) is 3.50. The van der Waals surface area contributed by atoms with E-state index in [4.69, 9.17) is 10.5 Å². The minimum atomic E-state index is -0.230. The summed E-state index contributed by atoms with van der Waals surface area (Å²) < 4.78 is 21.4. The first-order valence-electron chi connectivity index (χ1n) is 5.75. The van der Waals surface area contributed by atoms with Crippen LogP contribution in [0.15, 0.2) is 12.1 Å². The number of ether oxygens (including phenoxy) is 1. The smallest absolute Gasteiger partial charge is 0.201 e. The molecule has 0 radical (unpaired) electrons. The van der Waals surface area contributed by atoms with E-state index in [1.165, 1.54) is 6.07 Å². The first-order valence-corrected chi connectivity index (χ1v) is 6.83. The largest absolute Gasteiger partial charge is 0.381 e. The van der Waals surface area contributed by atoms with Crippen molar-refractivity contribution in [3.05, 3.63) is 21.5 Å². The van der Waals surface area contributed by atoms with Gasteiger partial charge in [-0.05, 0) is 41.5 Å². The van der Waals surface area contributed by atoms with Crippen molar-refractivity contribution < 1.29 is 9.13 Å². The molecule has 18 heavy (non-hydrogen) atoms. The van der Waals surface area contributed by atoms with E-state index in [-0.39, 0.29) is 18.0 Å². The number of methoxy groups -OCH3 is 1. The standard InChI is InChI=1S/C12H13FIN3O/c1-18-7-2-6(3-7)17-11-4-8(13)9(14)5-10(11)16-12(17)15/h4-7H,2-3H2,1H3,(H2,15,16). The molecule has 0 aliphatic heterocycles. The molecule has 1 fully saturated rings. The first-order chi connectivity index (χ1) is 8.60. The van der Waals surface area contributed by atoms with Gasteiger partial charge in [0.15, 0.2) is 0 Å². The maximum Gasteiger partial charge on any atom is 0.201 e. The van der Waals surface area contributed by atoms with Crippen LogP contribution in [0.2, 0.25) is 0 Å². The van der Waals surface area contributed by atoms with Crippen LogP contribution in [-0.2, 0) is 4.74 Å². The minimum absolute atomic E-state index is 0.230. The SMILES string of the molecule is COC1CC(n2c(N)nc3cc(I)c(F)cc32)C1. The van der Waals surface area contributed by atoms with E-state index < -0.39 is 0 Å². The maximum absolute atomic E-state index is 13.7. The lowest BCUT2D eigenvalue weighted by Gasteiger charge is -2.35. The lowest BCUT2D eigenvalue weighted by molar-refractivity contribution is 0.00797. The van der Waals surface area contributed by atoms with Crippen molar-refractivity contribution >= 4 is 39.6 Å². The second kappa shape index (κ2) is 4.34. The molecule has 1 saturated carbocycles. The zero-order valence-electron chi connectivity index (χ0n) is 9.86. The number of anilines is 1. The van der Waals surface area contributed by atoms with Gasteiger partial charge in [0.2, 0.25) is 5.95 Å². The van der Waals surface area contributed by atoms with Gasteiger partial charge < -0.3 is 15.0 Å². The fraction of sp³-hybridized carbons (Fsp3) is 0.417. The lowest BCUT2D eigenvalue weighted by atomic mass is 9.89. The Morgan fingerprint density at radius 3 is 2.89 bits per heavy atom. The Kier molecular flexibility index (Phi) is 2.93. The first kappa shape index (κ1) is 12.2. The lowest BCUT2D eigenvalue weighted by Crippen LogP contribution is -2.33. The van der Waals surface area contributed by atoms with E-state index in [2.05, 4.69) is 4.98 Å². The molecule has 0 unspecified atom stereocenters. The summed E-state index contributed by atoms with van der Waals surface area (Å²) >= 11 is 1.96. The van der Waals surface area contributed by atoms with E-state index >= 15 is 0 Å². The molecule has 0 saturated heterocycles. The van der Waals surface area contributed by atoms with Crippen LogP contribution < -0.4 is 5.73 Å². The average molecular weight is 361 g/mol. The zero-order valence-corrected chi connectivity index (χ0v) is 12.0. The van der Waals surface area contributed by atoms with Gasteiger partial charge in [0.05, 0.1) is 20.7 Å². The average Bonchev–Trinajstić information content (AvgIpc) is 2.55. The van der Waals surface area contributed by atoms with Gasteiger partial charge >= 0.3 is 0 Å². The van der Waals surface area contributed by atoms with Crippen molar-refractivity contribution in [2.24, 2.45) is 0 Å². The highest BCUT2D eigenvalue weighted by molar-refractivity contribution is 14.1. The molecule has 0 atom stereocenters. The van der Waals surface area contributed by atoms with E-state index in [1.54, 1.807) is 13.2 Å². The fourth-order valence-electron chi connectivity index (χ4n) is 2.43. The van der Waals surface area contributed by atoms with Gasteiger partial charge in [0.1, 0.15) is 5.82 Å². The predicted octanol–water partition coefficient (Wildman–Crippen LogP) is 2.71. The molecule has 2 aromatic rings. The molecule has 2 N–H and O–H groups in total. The number of hydrogen-bond acceptors (Lipinski definition) is 3. The molecule has 0 bridgehead atoms. The third kappa shape index (κ3) is 1.78. The maximum atomic E-state index is 13.7. The molecular formula is C12H13FIN3O. The summed E-state index contributed by atoms with van der Waals surface area (Å²) in [4.78, 5) is 4.30. The second-order valence-corrected chi connectivity index (χ2v) is 5.74. The van der Waals surface area contributed by atoms with Crippen molar-refractivity contribution in [2.45, 2.75) is 25.0 Å². The van der Waals surface area contributed by atoms with Crippen molar-refractivity contribution in [1.82, 2.24) is 9.55 Å². The highest BCUT2D eigenvalue weighted by Crippen LogP contribution is 2.38. The molecule has 6 heteroatoms. The summed E-state index contributed by atoms with van der Waals surface area (Å²) in [7, 11) is 1.71. The third-order valence-corrected chi connectivity index (χ3v) is 4.35. The highest BCUT2D eigenvalue weighted by atomic mass is 127. The second-order valence-electron chi connectivity index (χ2n) is 4.58. The number of benzene rings is 1. The Hall–Kier alpha value is -0.890. The van der Waals surface area contributed by atoms with Crippen LogP contribution >= 0.6 is 22.6 Å². The van der Waals surface area contributed by atoms with Crippen LogP contribution in [0.5, 0.6) is 0 Å². The number of hydrogen-bond donors (Lipinski definition) is 1. The number of aromatic nitrogens is 2. The zero-order chi connectivity index (χ0) is 12.9. The van der Waals surface area contributed by atoms with Gasteiger partial charge in [0, 0.05) is 19.2 Å². The van der Waals surface area contributed by atoms with Crippen LogP contribution in [-0.4, -0.2) is 22.8 Å². The molecule has 0 amide bonds. The van der Waals surface area contributed by atoms with Gasteiger partial charge in [0.25, 0.3) is 0 Å². The topological polar surface area (TPSA) is 53.1 Å². The summed E-state index contributed by atoms with van der Waals surface area (Å²) in [6.07, 6.45) is 2.08. The number of imidazole rings is 1. The van der Waals surface area contributed by atoms with Gasteiger partial charge in [-0.3, -0.25) is 0 Å². The van der Waals surface area contributed by atoms with Crippen LogP contribution in [0.25, 0.3) is 11.0 Å². The van der Waals surface area contributed by atoms with Crippen molar-refractivity contribution in [3.8, 4) is 0 Å². The van der Waals surface area contributed by atoms with Crippen LogP contribution in [0.3, 0.4) is 0 Å². The fourth-order valence-corrected chi connectivity index (χ4v) is 2.88. The third-order valence-electron chi connectivity index (χ3n) is 3.53. The molecule has 1 aliphatic rings. The Morgan fingerprint density at radius 2 is 2.22 bits per heavy atom. The number of nitrogen functional groups attached to an aromatic ring is 1. The summed E-state index contributed by atoms with van der Waals surface area (Å²) in [6.45, 7) is 0. The molecule has 1 aliphatic carbocycles. The van der Waals surface area contributed by atoms with Crippen LogP contribution in [0.1, 0.15) is 18.9 Å². The van der Waals surface area contributed by atoms with Crippen molar-refractivity contribution in [3.63, 3.8) is 0 Å². The summed E-state index contributed by atoms with van der Waals surface area (Å²) in [5.74, 6) is 0.220. The number of nitrogens with two attached hydrogens (primary N) is 1. The van der Waals surface area contributed by atoms with Gasteiger partial charge in [-0.2, -0.15) is 0 Å². The van der Waals surface area contributed by atoms with Crippen molar-refractivity contribution in [1.29, 1.82) is 0 Å². The van der Waals surface area contributed by atoms with E-state index in [9.17, 15) is 4.39 Å². The quantitative estimate of drug-likeness (QED) is 0.837. The summed E-state index contributed by atoms with van der Waals surface area (Å²) in [5, 5.41) is 0. The molecule has 1 heterocycles. The molecular weight excluding hydrogens is 348 g/mol. The Morgan fingerprint density at radius 1 is 1.50 bits per heavy atom. The van der Waals surface area contributed by atoms with Crippen LogP contribution in [0, 0.1) is 9.39 Å². The van der Waals surface area contributed by atoms with Crippen LogP contribution in [0.4, 0.5) is 10.3 Å². The molecule has 0 spiro atoms. The highest BCUT2D eigenvalue weighted by Gasteiger charge is 2.32. The minimum Gasteiger partial charge on any atom is -0.381 e. The molecule has 4 nitrogen and oxygen atoms in total. The van der Waals surface area contributed by atoms with Gasteiger partial charge in [-0.25, -0.2) is 9.37 Å². The van der Waals surface area contributed by atoms with Gasteiger partial charge in [-0.15, -0.1) is 0 Å². The van der Waals surface area contributed by atoms with Gasteiger partial charge in [-0.1, -0.05) is 0 Å². The monoisotopic (exact) mass is 361 g/mol. The Balaban J connectivity index is 2.06. The number of halogens is 2. The molecule has 1 aromatic carbocycles. The Labute approximate surface area is 117 Å². The summed E-state index contributed by atoms with van der Waals surface area (Å²) in [5.41, 5.74) is 7.45. The molecule has 96 valence electrons. The number of nitrogens with zero attached hydrogens (tertiary/aromatic N) is 2. The van der Waals surface area contributed by atoms with E-state index in [0.717, 1.165) is 23.9 Å². The number of fused-ring (bicyclic) bond motifs is 1. The molecule has 3 rings (SSSR count).